The van der Waals surface area contributed by atoms with Crippen molar-refractivity contribution in [1.29, 1.82) is 0 Å². The summed E-state index contributed by atoms with van der Waals surface area (Å²) in [5, 5.41) is 8.87. The average molecular weight is 353 g/mol. The van der Waals surface area contributed by atoms with E-state index in [1.165, 1.54) is 17.0 Å². The lowest BCUT2D eigenvalue weighted by Crippen LogP contribution is -2.30. The Labute approximate surface area is 124 Å². The van der Waals surface area contributed by atoms with E-state index in [9.17, 15) is 14.0 Å². The van der Waals surface area contributed by atoms with Crippen LogP contribution in [-0.2, 0) is 4.79 Å². The molecule has 1 aromatic rings. The summed E-state index contributed by atoms with van der Waals surface area (Å²) in [4.78, 5) is 24.4. The maximum atomic E-state index is 13.1. The number of benzene rings is 1. The number of rotatable bonds is 2. The zero-order chi connectivity index (χ0) is 13.3. The highest BCUT2D eigenvalue weighted by atomic mass is 79.9. The molecule has 1 fully saturated rings. The molecule has 1 atom stereocenters. The smallest absolute Gasteiger partial charge is 0.308 e. The van der Waals surface area contributed by atoms with Gasteiger partial charge in [0.1, 0.15) is 5.82 Å². The van der Waals surface area contributed by atoms with Crippen molar-refractivity contribution in [3.63, 3.8) is 0 Å². The second-order valence-electron chi connectivity index (χ2n) is 4.20. The van der Waals surface area contributed by atoms with Crippen LogP contribution in [0.2, 0.25) is 0 Å². The van der Waals surface area contributed by atoms with E-state index in [0.29, 0.717) is 17.4 Å². The van der Waals surface area contributed by atoms with E-state index < -0.39 is 17.7 Å². The summed E-state index contributed by atoms with van der Waals surface area (Å²) in [5.41, 5.74) is 0.223. The third-order valence-corrected chi connectivity index (χ3v) is 3.68. The van der Waals surface area contributed by atoms with Crippen molar-refractivity contribution in [3.05, 3.63) is 34.1 Å². The molecule has 0 spiro atoms. The molecule has 1 aliphatic rings. The number of halogens is 3. The number of carbonyl (C=O) groups excluding carboxylic acids is 1. The standard InChI is InChI=1S/C12H11BrFNO3.ClH/c13-10-2-1-8(14)5-9(10)11(16)15-4-3-7(6-15)12(17)18;/h1-2,5,7H,3-4,6H2,(H,17,18);1H. The monoisotopic (exact) mass is 351 g/mol. The Morgan fingerprint density at radius 2 is 2.11 bits per heavy atom. The lowest BCUT2D eigenvalue weighted by atomic mass is 10.1. The molecule has 2 rings (SSSR count). The Morgan fingerprint density at radius 1 is 1.42 bits per heavy atom. The second-order valence-corrected chi connectivity index (χ2v) is 5.05. The number of aliphatic carboxylic acids is 1. The first-order valence-electron chi connectivity index (χ1n) is 5.46. The highest BCUT2D eigenvalue weighted by Crippen LogP contribution is 2.23. The lowest BCUT2D eigenvalue weighted by Gasteiger charge is -2.16. The molecule has 0 bridgehead atoms. The first kappa shape index (κ1) is 15.9. The number of nitrogens with zero attached hydrogens (tertiary/aromatic N) is 1. The van der Waals surface area contributed by atoms with E-state index in [1.54, 1.807) is 0 Å². The fourth-order valence-electron chi connectivity index (χ4n) is 1.98. The van der Waals surface area contributed by atoms with Crippen LogP contribution < -0.4 is 0 Å². The summed E-state index contributed by atoms with van der Waals surface area (Å²) >= 11 is 3.19. The van der Waals surface area contributed by atoms with Crippen LogP contribution in [0.3, 0.4) is 0 Å². The molecule has 104 valence electrons. The minimum absolute atomic E-state index is 0. The summed E-state index contributed by atoms with van der Waals surface area (Å²) in [7, 11) is 0. The van der Waals surface area contributed by atoms with Crippen LogP contribution in [-0.4, -0.2) is 35.0 Å². The van der Waals surface area contributed by atoms with E-state index in [-0.39, 0.29) is 30.4 Å². The van der Waals surface area contributed by atoms with Gasteiger partial charge in [-0.3, -0.25) is 9.59 Å². The number of likely N-dealkylation sites (tertiary alicyclic amines) is 1. The number of hydrogen-bond acceptors (Lipinski definition) is 2. The molecule has 1 N–H and O–H groups in total. The molecule has 0 saturated carbocycles. The van der Waals surface area contributed by atoms with Crippen LogP contribution in [0.15, 0.2) is 22.7 Å². The van der Waals surface area contributed by atoms with Gasteiger partial charge in [0.15, 0.2) is 0 Å². The predicted octanol–water partition coefficient (Wildman–Crippen LogP) is 2.56. The summed E-state index contributed by atoms with van der Waals surface area (Å²) in [6.07, 6.45) is 0.439. The van der Waals surface area contributed by atoms with E-state index in [1.807, 2.05) is 0 Å². The Kier molecular flexibility index (Phi) is 5.31. The van der Waals surface area contributed by atoms with Crippen LogP contribution >= 0.6 is 28.3 Å². The van der Waals surface area contributed by atoms with Crippen molar-refractivity contribution >= 4 is 40.2 Å². The molecule has 1 heterocycles. The molecule has 1 unspecified atom stereocenters. The Balaban J connectivity index is 0.00000180. The van der Waals surface area contributed by atoms with Crippen molar-refractivity contribution in [2.45, 2.75) is 6.42 Å². The molecular weight excluding hydrogens is 340 g/mol. The molecule has 0 aliphatic carbocycles. The molecule has 1 aromatic carbocycles. The molecule has 0 aromatic heterocycles. The first-order chi connectivity index (χ1) is 8.49. The predicted molar refractivity (Wildman–Crippen MR) is 73.0 cm³/mol. The quantitative estimate of drug-likeness (QED) is 0.890. The third-order valence-electron chi connectivity index (χ3n) is 2.98. The van der Waals surface area contributed by atoms with Gasteiger partial charge < -0.3 is 10.0 Å². The Bertz CT molecular complexity index is 512. The van der Waals surface area contributed by atoms with Gasteiger partial charge in [-0.1, -0.05) is 0 Å². The minimum atomic E-state index is -0.899. The van der Waals surface area contributed by atoms with Gasteiger partial charge in [-0.15, -0.1) is 12.4 Å². The van der Waals surface area contributed by atoms with Crippen molar-refractivity contribution in [3.8, 4) is 0 Å². The number of hydrogen-bond donors (Lipinski definition) is 1. The number of carboxylic acids is 1. The third kappa shape index (κ3) is 3.45. The maximum absolute atomic E-state index is 13.1. The second kappa shape index (κ2) is 6.34. The summed E-state index contributed by atoms with van der Waals surface area (Å²) in [6, 6.07) is 3.87. The molecule has 7 heteroatoms. The molecule has 1 aliphatic heterocycles. The molecule has 4 nitrogen and oxygen atoms in total. The number of carboxylic acid groups (broad SMARTS) is 1. The number of carbonyl (C=O) groups is 2. The molecule has 0 radical (unpaired) electrons. The van der Waals surface area contributed by atoms with Crippen LogP contribution in [0.4, 0.5) is 4.39 Å². The lowest BCUT2D eigenvalue weighted by molar-refractivity contribution is -0.141. The highest BCUT2D eigenvalue weighted by Gasteiger charge is 2.31. The van der Waals surface area contributed by atoms with Gasteiger partial charge in [-0.2, -0.15) is 0 Å². The largest absolute Gasteiger partial charge is 0.481 e. The van der Waals surface area contributed by atoms with Crippen molar-refractivity contribution in [1.82, 2.24) is 4.90 Å². The zero-order valence-corrected chi connectivity index (χ0v) is 12.2. The molecule has 1 saturated heterocycles. The molecule has 1 amide bonds. The van der Waals surface area contributed by atoms with Crippen LogP contribution in [0.25, 0.3) is 0 Å². The first-order valence-corrected chi connectivity index (χ1v) is 6.25. The SMILES string of the molecule is Cl.O=C(O)C1CCN(C(=O)c2cc(F)ccc2Br)C1. The van der Waals surface area contributed by atoms with Gasteiger partial charge in [-0.25, -0.2) is 4.39 Å². The van der Waals surface area contributed by atoms with Crippen LogP contribution in [0, 0.1) is 11.7 Å². The molecule has 19 heavy (non-hydrogen) atoms. The van der Waals surface area contributed by atoms with Crippen LogP contribution in [0.5, 0.6) is 0 Å². The number of amides is 1. The van der Waals surface area contributed by atoms with E-state index >= 15 is 0 Å². The van der Waals surface area contributed by atoms with Crippen LogP contribution in [0.1, 0.15) is 16.8 Å². The van der Waals surface area contributed by atoms with E-state index in [4.69, 9.17) is 5.11 Å². The van der Waals surface area contributed by atoms with Gasteiger partial charge >= 0.3 is 5.97 Å². The summed E-state index contributed by atoms with van der Waals surface area (Å²) in [5.74, 6) is -2.26. The summed E-state index contributed by atoms with van der Waals surface area (Å²) < 4.78 is 13.6. The van der Waals surface area contributed by atoms with Crippen molar-refractivity contribution in [2.75, 3.05) is 13.1 Å². The van der Waals surface area contributed by atoms with Gasteiger partial charge in [0.2, 0.25) is 0 Å². The Hall–Kier alpha value is -1.14. The molecular formula is C12H12BrClFNO3. The Morgan fingerprint density at radius 3 is 2.68 bits per heavy atom. The average Bonchev–Trinajstić information content (AvgIpc) is 2.81. The highest BCUT2D eigenvalue weighted by molar-refractivity contribution is 9.10. The van der Waals surface area contributed by atoms with E-state index in [0.717, 1.165) is 6.07 Å². The fraction of sp³-hybridized carbons (Fsp3) is 0.333. The summed E-state index contributed by atoms with van der Waals surface area (Å²) in [6.45, 7) is 0.565. The zero-order valence-electron chi connectivity index (χ0n) is 9.81. The fourth-order valence-corrected chi connectivity index (χ4v) is 2.39. The van der Waals surface area contributed by atoms with Crippen molar-refractivity contribution in [2.24, 2.45) is 5.92 Å². The normalized spacial score (nSPS) is 18.0. The van der Waals surface area contributed by atoms with Gasteiger partial charge in [0, 0.05) is 17.6 Å². The van der Waals surface area contributed by atoms with Gasteiger partial charge in [0.05, 0.1) is 11.5 Å². The van der Waals surface area contributed by atoms with Gasteiger partial charge in [-0.05, 0) is 40.5 Å². The maximum Gasteiger partial charge on any atom is 0.308 e. The van der Waals surface area contributed by atoms with Gasteiger partial charge in [0.25, 0.3) is 5.91 Å². The van der Waals surface area contributed by atoms with E-state index in [2.05, 4.69) is 15.9 Å². The van der Waals surface area contributed by atoms with Crippen molar-refractivity contribution < 1.29 is 19.1 Å². The minimum Gasteiger partial charge on any atom is -0.481 e. The topological polar surface area (TPSA) is 57.6 Å².